The van der Waals surface area contributed by atoms with Crippen molar-refractivity contribution in [2.45, 2.75) is 13.5 Å². The first-order valence-corrected chi connectivity index (χ1v) is 3.98. The molecule has 0 aliphatic carbocycles. The molecule has 0 bridgehead atoms. The van der Waals surface area contributed by atoms with Gasteiger partial charge in [-0.15, -0.1) is 0 Å². The zero-order valence-corrected chi connectivity index (χ0v) is 7.71. The molecule has 1 aromatic rings. The van der Waals surface area contributed by atoms with Gasteiger partial charge in [-0.3, -0.25) is 10.1 Å². The number of nitro groups is 1. The van der Waals surface area contributed by atoms with Crippen LogP contribution in [0.3, 0.4) is 0 Å². The summed E-state index contributed by atoms with van der Waals surface area (Å²) in [6, 6.07) is 2.65. The van der Waals surface area contributed by atoms with Crippen LogP contribution in [0.4, 0.5) is 5.69 Å². The molecule has 0 radical (unpaired) electrons. The van der Waals surface area contributed by atoms with Gasteiger partial charge in [0.15, 0.2) is 0 Å². The SMILES string of the molecule is Cc1cc([N+](=O)[O-])cc(CO)c1Cl. The van der Waals surface area contributed by atoms with Crippen molar-refractivity contribution in [2.24, 2.45) is 0 Å². The van der Waals surface area contributed by atoms with E-state index in [0.29, 0.717) is 16.1 Å². The van der Waals surface area contributed by atoms with E-state index < -0.39 is 4.92 Å². The van der Waals surface area contributed by atoms with Gasteiger partial charge in [0.1, 0.15) is 0 Å². The number of hydrogen-bond acceptors (Lipinski definition) is 3. The van der Waals surface area contributed by atoms with Crippen molar-refractivity contribution in [3.05, 3.63) is 38.4 Å². The van der Waals surface area contributed by atoms with E-state index in [1.54, 1.807) is 6.92 Å². The van der Waals surface area contributed by atoms with E-state index in [4.69, 9.17) is 16.7 Å². The second-order valence-corrected chi connectivity index (χ2v) is 3.03. The monoisotopic (exact) mass is 201 g/mol. The molecule has 0 saturated carbocycles. The van der Waals surface area contributed by atoms with Crippen molar-refractivity contribution in [1.82, 2.24) is 0 Å². The number of non-ortho nitro benzene ring substituents is 1. The number of nitro benzene ring substituents is 1. The van der Waals surface area contributed by atoms with E-state index in [1.165, 1.54) is 12.1 Å². The average molecular weight is 202 g/mol. The molecule has 4 nitrogen and oxygen atoms in total. The molecular weight excluding hydrogens is 194 g/mol. The second-order valence-electron chi connectivity index (χ2n) is 2.65. The summed E-state index contributed by atoms with van der Waals surface area (Å²) < 4.78 is 0. The predicted molar refractivity (Wildman–Crippen MR) is 48.8 cm³/mol. The van der Waals surface area contributed by atoms with E-state index in [0.717, 1.165) is 0 Å². The molecule has 1 aromatic carbocycles. The summed E-state index contributed by atoms with van der Waals surface area (Å²) in [7, 11) is 0. The Bertz CT molecular complexity index is 351. The first kappa shape index (κ1) is 9.95. The maximum atomic E-state index is 10.4. The fourth-order valence-corrected chi connectivity index (χ4v) is 1.21. The van der Waals surface area contributed by atoms with Crippen LogP contribution >= 0.6 is 11.6 Å². The predicted octanol–water partition coefficient (Wildman–Crippen LogP) is 2.05. The standard InChI is InChI=1S/C8H8ClNO3/c1-5-2-7(10(12)13)3-6(4-11)8(5)9/h2-3,11H,4H2,1H3. The molecule has 0 fully saturated rings. The number of aliphatic hydroxyl groups is 1. The fraction of sp³-hybridized carbons (Fsp3) is 0.250. The Morgan fingerprint density at radius 2 is 2.23 bits per heavy atom. The number of rotatable bonds is 2. The van der Waals surface area contributed by atoms with E-state index in [1.807, 2.05) is 0 Å². The van der Waals surface area contributed by atoms with Crippen LogP contribution in [-0.2, 0) is 6.61 Å². The second kappa shape index (κ2) is 3.72. The minimum absolute atomic E-state index is 0.0500. The van der Waals surface area contributed by atoms with Crippen molar-refractivity contribution in [1.29, 1.82) is 0 Å². The fourth-order valence-electron chi connectivity index (χ4n) is 1.04. The lowest BCUT2D eigenvalue weighted by molar-refractivity contribution is -0.385. The zero-order chi connectivity index (χ0) is 10.0. The first-order chi connectivity index (χ1) is 6.06. The minimum atomic E-state index is -0.511. The zero-order valence-electron chi connectivity index (χ0n) is 6.95. The van der Waals surface area contributed by atoms with Gasteiger partial charge in [-0.2, -0.15) is 0 Å². The van der Waals surface area contributed by atoms with Crippen LogP contribution in [0.2, 0.25) is 5.02 Å². The molecular formula is C8H8ClNO3. The topological polar surface area (TPSA) is 63.4 Å². The third-order valence-electron chi connectivity index (χ3n) is 1.70. The number of hydrogen-bond donors (Lipinski definition) is 1. The molecule has 0 aliphatic rings. The van der Waals surface area contributed by atoms with Gasteiger partial charge in [0.2, 0.25) is 0 Å². The molecule has 0 amide bonds. The van der Waals surface area contributed by atoms with Gasteiger partial charge in [-0.25, -0.2) is 0 Å². The maximum Gasteiger partial charge on any atom is 0.270 e. The lowest BCUT2D eigenvalue weighted by Crippen LogP contribution is -1.94. The third-order valence-corrected chi connectivity index (χ3v) is 2.24. The Morgan fingerprint density at radius 3 is 2.69 bits per heavy atom. The first-order valence-electron chi connectivity index (χ1n) is 3.60. The largest absolute Gasteiger partial charge is 0.392 e. The van der Waals surface area contributed by atoms with Crippen LogP contribution in [0.1, 0.15) is 11.1 Å². The van der Waals surface area contributed by atoms with Crippen LogP contribution in [0, 0.1) is 17.0 Å². The van der Waals surface area contributed by atoms with Crippen molar-refractivity contribution in [2.75, 3.05) is 0 Å². The van der Waals surface area contributed by atoms with Gasteiger partial charge in [-0.1, -0.05) is 11.6 Å². The Balaban J connectivity index is 3.30. The number of nitrogens with zero attached hydrogens (tertiary/aromatic N) is 1. The minimum Gasteiger partial charge on any atom is -0.392 e. The van der Waals surface area contributed by atoms with Gasteiger partial charge in [0.25, 0.3) is 5.69 Å². The lowest BCUT2D eigenvalue weighted by atomic mass is 10.1. The number of halogens is 1. The van der Waals surface area contributed by atoms with Crippen molar-refractivity contribution in [3.8, 4) is 0 Å². The lowest BCUT2D eigenvalue weighted by Gasteiger charge is -2.03. The summed E-state index contributed by atoms with van der Waals surface area (Å²) in [5.41, 5.74) is 0.930. The summed E-state index contributed by atoms with van der Waals surface area (Å²) in [6.45, 7) is 1.37. The summed E-state index contributed by atoms with van der Waals surface area (Å²) in [5, 5.41) is 19.6. The quantitative estimate of drug-likeness (QED) is 0.588. The Morgan fingerprint density at radius 1 is 1.62 bits per heavy atom. The van der Waals surface area contributed by atoms with Gasteiger partial charge >= 0.3 is 0 Å². The molecule has 0 aromatic heterocycles. The molecule has 0 heterocycles. The highest BCUT2D eigenvalue weighted by Crippen LogP contribution is 2.26. The summed E-state index contributed by atoms with van der Waals surface area (Å²) in [5.74, 6) is 0. The van der Waals surface area contributed by atoms with Crippen LogP contribution < -0.4 is 0 Å². The van der Waals surface area contributed by atoms with Crippen molar-refractivity contribution < 1.29 is 10.0 Å². The van der Waals surface area contributed by atoms with Gasteiger partial charge in [0, 0.05) is 22.7 Å². The Labute approximate surface area is 79.9 Å². The number of aliphatic hydroxyl groups excluding tert-OH is 1. The van der Waals surface area contributed by atoms with E-state index in [-0.39, 0.29) is 12.3 Å². The van der Waals surface area contributed by atoms with Crippen molar-refractivity contribution in [3.63, 3.8) is 0 Å². The Hall–Kier alpha value is -1.13. The van der Waals surface area contributed by atoms with Crippen LogP contribution in [-0.4, -0.2) is 10.0 Å². The van der Waals surface area contributed by atoms with Crippen LogP contribution in [0.25, 0.3) is 0 Å². The summed E-state index contributed by atoms with van der Waals surface area (Å²) in [4.78, 5) is 9.90. The van der Waals surface area contributed by atoms with E-state index >= 15 is 0 Å². The average Bonchev–Trinajstić information content (AvgIpc) is 2.09. The molecule has 0 spiro atoms. The summed E-state index contributed by atoms with van der Waals surface area (Å²) >= 11 is 5.79. The van der Waals surface area contributed by atoms with Crippen LogP contribution in [0.5, 0.6) is 0 Å². The molecule has 0 atom stereocenters. The smallest absolute Gasteiger partial charge is 0.270 e. The molecule has 0 unspecified atom stereocenters. The highest BCUT2D eigenvalue weighted by Gasteiger charge is 2.11. The Kier molecular flexibility index (Phi) is 2.85. The number of benzene rings is 1. The number of aryl methyl sites for hydroxylation is 1. The van der Waals surface area contributed by atoms with E-state index in [9.17, 15) is 10.1 Å². The highest BCUT2D eigenvalue weighted by atomic mass is 35.5. The molecule has 0 saturated heterocycles. The normalized spacial score (nSPS) is 10.1. The molecule has 13 heavy (non-hydrogen) atoms. The highest BCUT2D eigenvalue weighted by molar-refractivity contribution is 6.32. The molecule has 1 N–H and O–H groups in total. The van der Waals surface area contributed by atoms with Crippen LogP contribution in [0.15, 0.2) is 12.1 Å². The van der Waals surface area contributed by atoms with E-state index in [2.05, 4.69) is 0 Å². The van der Waals surface area contributed by atoms with Gasteiger partial charge in [-0.05, 0) is 12.5 Å². The molecule has 70 valence electrons. The van der Waals surface area contributed by atoms with Gasteiger partial charge in [0.05, 0.1) is 11.5 Å². The van der Waals surface area contributed by atoms with Gasteiger partial charge < -0.3 is 5.11 Å². The molecule has 1 rings (SSSR count). The maximum absolute atomic E-state index is 10.4. The third kappa shape index (κ3) is 1.96. The molecule has 5 heteroatoms. The van der Waals surface area contributed by atoms with Crippen molar-refractivity contribution >= 4 is 17.3 Å². The summed E-state index contributed by atoms with van der Waals surface area (Å²) in [6.07, 6.45) is 0. The molecule has 0 aliphatic heterocycles.